The summed E-state index contributed by atoms with van der Waals surface area (Å²) < 4.78 is 29.2. The van der Waals surface area contributed by atoms with Crippen molar-refractivity contribution in [1.82, 2.24) is 10.2 Å². The van der Waals surface area contributed by atoms with Crippen LogP contribution in [0.4, 0.5) is 5.69 Å². The van der Waals surface area contributed by atoms with E-state index in [0.29, 0.717) is 39.0 Å². The predicted octanol–water partition coefficient (Wildman–Crippen LogP) is 7.18. The molecule has 0 aliphatic carbocycles. The average molecular weight is 653 g/mol. The number of hydrogen-bond acceptors (Lipinski definition) is 4. The third-order valence-corrected chi connectivity index (χ3v) is 9.80. The van der Waals surface area contributed by atoms with Crippen LogP contribution in [0.15, 0.2) is 65.6 Å². The maximum atomic E-state index is 14.2. The second kappa shape index (κ2) is 14.6. The standard InChI is InChI=1S/C31H36Cl3N3O4S/c1-6-22(5)35-31(39)28(7-2)36(18-23-11-15-26(33)27(34)16-23)30(38)19-37(29-17-24(32)12-10-21(29)4)42(40,41)25-13-8-20(3)9-14-25/h8-17,22,28H,6-7,18-19H2,1-5H3,(H,35,39)/t22-,28+/m1/s1. The van der Waals surface area contributed by atoms with E-state index >= 15 is 0 Å². The van der Waals surface area contributed by atoms with Gasteiger partial charge in [-0.2, -0.15) is 0 Å². The van der Waals surface area contributed by atoms with Crippen LogP contribution in [0.1, 0.15) is 50.3 Å². The minimum Gasteiger partial charge on any atom is -0.352 e. The summed E-state index contributed by atoms with van der Waals surface area (Å²) >= 11 is 18.7. The maximum absolute atomic E-state index is 14.2. The molecule has 0 aliphatic heterocycles. The third-order valence-electron chi connectivity index (χ3n) is 7.05. The molecule has 3 aromatic rings. The SMILES string of the molecule is CC[C@@H](C)NC(=O)[C@H](CC)N(Cc1ccc(Cl)c(Cl)c1)C(=O)CN(c1cc(Cl)ccc1C)S(=O)(=O)c1ccc(C)cc1. The normalized spacial score (nSPS) is 12.9. The lowest BCUT2D eigenvalue weighted by atomic mass is 10.1. The smallest absolute Gasteiger partial charge is 0.264 e. The molecule has 11 heteroatoms. The van der Waals surface area contributed by atoms with Crippen LogP contribution in [-0.2, 0) is 26.2 Å². The van der Waals surface area contributed by atoms with Crippen LogP contribution in [0, 0.1) is 13.8 Å². The number of carbonyl (C=O) groups excluding carboxylic acids is 2. The van der Waals surface area contributed by atoms with E-state index in [2.05, 4.69) is 5.32 Å². The molecular formula is C31H36Cl3N3O4S. The van der Waals surface area contributed by atoms with E-state index in [-0.39, 0.29) is 29.1 Å². The van der Waals surface area contributed by atoms with E-state index in [1.165, 1.54) is 23.1 Å². The van der Waals surface area contributed by atoms with Gasteiger partial charge in [0.15, 0.2) is 0 Å². The zero-order chi connectivity index (χ0) is 31.2. The second-order valence-electron chi connectivity index (χ2n) is 10.3. The topological polar surface area (TPSA) is 86.8 Å². The number of anilines is 1. The first-order valence-electron chi connectivity index (χ1n) is 13.7. The van der Waals surface area contributed by atoms with E-state index in [9.17, 15) is 18.0 Å². The Kier molecular flexibility index (Phi) is 11.7. The Balaban J connectivity index is 2.12. The molecule has 3 aromatic carbocycles. The Hall–Kier alpha value is -2.78. The molecule has 0 aromatic heterocycles. The molecule has 2 atom stereocenters. The summed E-state index contributed by atoms with van der Waals surface area (Å²) in [6.07, 6.45) is 1.01. The summed E-state index contributed by atoms with van der Waals surface area (Å²) in [6, 6.07) is 15.3. The number of carbonyl (C=O) groups is 2. The largest absolute Gasteiger partial charge is 0.352 e. The van der Waals surface area contributed by atoms with Gasteiger partial charge in [0, 0.05) is 17.6 Å². The van der Waals surface area contributed by atoms with Crippen molar-refractivity contribution in [2.75, 3.05) is 10.8 Å². The van der Waals surface area contributed by atoms with Crippen molar-refractivity contribution in [3.8, 4) is 0 Å². The molecule has 0 saturated heterocycles. The van der Waals surface area contributed by atoms with E-state index in [1.54, 1.807) is 56.3 Å². The molecule has 7 nitrogen and oxygen atoms in total. The summed E-state index contributed by atoms with van der Waals surface area (Å²) in [5, 5.41) is 3.93. The van der Waals surface area contributed by atoms with Gasteiger partial charge < -0.3 is 10.2 Å². The van der Waals surface area contributed by atoms with Gasteiger partial charge in [-0.25, -0.2) is 8.42 Å². The average Bonchev–Trinajstić information content (AvgIpc) is 2.94. The number of nitrogens with one attached hydrogen (secondary N) is 1. The highest BCUT2D eigenvalue weighted by Gasteiger charge is 2.34. The molecule has 0 saturated carbocycles. The molecule has 0 radical (unpaired) electrons. The number of amides is 2. The van der Waals surface area contributed by atoms with E-state index in [1.807, 2.05) is 20.8 Å². The molecule has 0 fully saturated rings. The molecule has 226 valence electrons. The first-order chi connectivity index (χ1) is 19.8. The van der Waals surface area contributed by atoms with E-state index < -0.39 is 28.5 Å². The van der Waals surface area contributed by atoms with Gasteiger partial charge in [-0.15, -0.1) is 0 Å². The predicted molar refractivity (Wildman–Crippen MR) is 171 cm³/mol. The van der Waals surface area contributed by atoms with Gasteiger partial charge in [0.2, 0.25) is 11.8 Å². The van der Waals surface area contributed by atoms with Crippen molar-refractivity contribution in [3.05, 3.63) is 92.4 Å². The summed E-state index contributed by atoms with van der Waals surface area (Å²) in [5.74, 6) is -0.894. The van der Waals surface area contributed by atoms with Crippen LogP contribution in [0.25, 0.3) is 0 Å². The lowest BCUT2D eigenvalue weighted by Crippen LogP contribution is -2.53. The van der Waals surface area contributed by atoms with E-state index in [0.717, 1.165) is 9.87 Å². The molecular weight excluding hydrogens is 617 g/mol. The van der Waals surface area contributed by atoms with Gasteiger partial charge in [0.25, 0.3) is 10.0 Å². The van der Waals surface area contributed by atoms with Crippen LogP contribution in [0.5, 0.6) is 0 Å². The number of aryl methyl sites for hydroxylation is 2. The van der Waals surface area contributed by atoms with Crippen molar-refractivity contribution in [2.45, 2.75) is 71.0 Å². The number of rotatable bonds is 12. The molecule has 0 spiro atoms. The van der Waals surface area contributed by atoms with Crippen molar-refractivity contribution in [1.29, 1.82) is 0 Å². The van der Waals surface area contributed by atoms with Crippen molar-refractivity contribution >= 4 is 62.3 Å². The van der Waals surface area contributed by atoms with Crippen molar-refractivity contribution in [2.24, 2.45) is 0 Å². The summed E-state index contributed by atoms with van der Waals surface area (Å²) in [4.78, 5) is 29.0. The van der Waals surface area contributed by atoms with Gasteiger partial charge in [0.1, 0.15) is 12.6 Å². The molecule has 0 bridgehead atoms. The molecule has 42 heavy (non-hydrogen) atoms. The Morgan fingerprint density at radius 3 is 2.14 bits per heavy atom. The first kappa shape index (κ1) is 33.7. The Morgan fingerprint density at radius 2 is 1.55 bits per heavy atom. The van der Waals surface area contributed by atoms with Crippen LogP contribution in [0.2, 0.25) is 15.1 Å². The molecule has 3 rings (SSSR count). The highest BCUT2D eigenvalue weighted by molar-refractivity contribution is 7.92. The second-order valence-corrected chi connectivity index (χ2v) is 13.4. The van der Waals surface area contributed by atoms with Gasteiger partial charge >= 0.3 is 0 Å². The fourth-order valence-electron chi connectivity index (χ4n) is 4.40. The molecule has 0 aliphatic rings. The number of hydrogen-bond donors (Lipinski definition) is 1. The molecule has 1 N–H and O–H groups in total. The summed E-state index contributed by atoms with van der Waals surface area (Å²) in [6.45, 7) is 8.68. The summed E-state index contributed by atoms with van der Waals surface area (Å²) in [5.41, 5.74) is 2.41. The van der Waals surface area contributed by atoms with Crippen LogP contribution in [0.3, 0.4) is 0 Å². The van der Waals surface area contributed by atoms with Crippen LogP contribution < -0.4 is 9.62 Å². The van der Waals surface area contributed by atoms with E-state index in [4.69, 9.17) is 34.8 Å². The monoisotopic (exact) mass is 651 g/mol. The van der Waals surface area contributed by atoms with Gasteiger partial charge in [-0.3, -0.25) is 13.9 Å². The quantitative estimate of drug-likeness (QED) is 0.225. The highest BCUT2D eigenvalue weighted by atomic mass is 35.5. The Morgan fingerprint density at radius 1 is 0.881 bits per heavy atom. The number of benzene rings is 3. The molecule has 0 unspecified atom stereocenters. The van der Waals surface area contributed by atoms with Gasteiger partial charge in [-0.05, 0) is 81.1 Å². The van der Waals surface area contributed by atoms with Crippen LogP contribution in [-0.4, -0.2) is 43.8 Å². The van der Waals surface area contributed by atoms with Gasteiger partial charge in [0.05, 0.1) is 20.6 Å². The number of halogens is 3. The third kappa shape index (κ3) is 8.19. The minimum atomic E-state index is -4.21. The molecule has 0 heterocycles. The van der Waals surface area contributed by atoms with Gasteiger partial charge in [-0.1, -0.05) is 78.5 Å². The Bertz CT molecular complexity index is 1530. The highest BCUT2D eigenvalue weighted by Crippen LogP contribution is 2.31. The minimum absolute atomic E-state index is 0.00903. The van der Waals surface area contributed by atoms with Crippen molar-refractivity contribution in [3.63, 3.8) is 0 Å². The van der Waals surface area contributed by atoms with Crippen LogP contribution >= 0.6 is 34.8 Å². The Labute approximate surface area is 263 Å². The first-order valence-corrected chi connectivity index (χ1v) is 16.2. The fourth-order valence-corrected chi connectivity index (χ4v) is 6.35. The molecule has 2 amide bonds. The number of sulfonamides is 1. The zero-order valence-corrected chi connectivity index (χ0v) is 27.4. The van der Waals surface area contributed by atoms with Crippen molar-refractivity contribution < 1.29 is 18.0 Å². The maximum Gasteiger partial charge on any atom is 0.264 e. The zero-order valence-electron chi connectivity index (χ0n) is 24.3. The lowest BCUT2D eigenvalue weighted by molar-refractivity contribution is -0.140. The number of nitrogens with zero attached hydrogens (tertiary/aromatic N) is 2. The fraction of sp³-hybridized carbons (Fsp3) is 0.355. The summed E-state index contributed by atoms with van der Waals surface area (Å²) in [7, 11) is -4.21. The lowest BCUT2D eigenvalue weighted by Gasteiger charge is -2.34.